The first kappa shape index (κ1) is 22.7. The number of fused-ring (bicyclic) bond motifs is 1. The van der Waals surface area contributed by atoms with Crippen molar-refractivity contribution in [2.75, 3.05) is 6.54 Å². The number of nitrogens with one attached hydrogen (secondary N) is 1. The van der Waals surface area contributed by atoms with Crippen molar-refractivity contribution >= 4 is 17.2 Å². The van der Waals surface area contributed by atoms with Gasteiger partial charge in [-0.25, -0.2) is 0 Å². The molecule has 35 heavy (non-hydrogen) atoms. The van der Waals surface area contributed by atoms with E-state index in [1.54, 1.807) is 24.3 Å². The van der Waals surface area contributed by atoms with Crippen molar-refractivity contribution in [3.8, 4) is 11.5 Å². The molecule has 5 nitrogen and oxygen atoms in total. The Morgan fingerprint density at radius 1 is 0.829 bits per heavy atom. The van der Waals surface area contributed by atoms with E-state index in [4.69, 9.17) is 4.99 Å². The molecule has 0 saturated carbocycles. The van der Waals surface area contributed by atoms with Gasteiger partial charge in [0.1, 0.15) is 11.5 Å². The summed E-state index contributed by atoms with van der Waals surface area (Å²) in [7, 11) is 0. The number of aromatic hydroxyl groups is 2. The van der Waals surface area contributed by atoms with Crippen molar-refractivity contribution in [2.45, 2.75) is 25.7 Å². The maximum atomic E-state index is 13.5. The summed E-state index contributed by atoms with van der Waals surface area (Å²) in [6.07, 6.45) is 4.74. The van der Waals surface area contributed by atoms with Crippen LogP contribution < -0.4 is 5.32 Å². The molecular formula is C30H28N2O3. The molecule has 5 heteroatoms. The Bertz CT molecular complexity index is 1300. The molecule has 0 amide bonds. The van der Waals surface area contributed by atoms with Crippen LogP contribution in [-0.2, 0) is 17.6 Å². The number of aliphatic imine (C=N–C) groups is 1. The Morgan fingerprint density at radius 2 is 1.49 bits per heavy atom. The highest BCUT2D eigenvalue weighted by atomic mass is 16.3. The van der Waals surface area contributed by atoms with Crippen LogP contribution in [-0.4, -0.2) is 28.3 Å². The molecule has 3 aromatic carbocycles. The second-order valence-electron chi connectivity index (χ2n) is 9.07. The maximum Gasteiger partial charge on any atom is 0.186 e. The van der Waals surface area contributed by atoms with Gasteiger partial charge in [-0.1, -0.05) is 48.5 Å². The average Bonchev–Trinajstić information content (AvgIpc) is 3.21. The molecule has 0 aromatic heterocycles. The second kappa shape index (κ2) is 10.0. The fourth-order valence-electron chi connectivity index (χ4n) is 4.75. The Kier molecular flexibility index (Phi) is 6.49. The van der Waals surface area contributed by atoms with Gasteiger partial charge in [0.2, 0.25) is 0 Å². The van der Waals surface area contributed by atoms with E-state index in [1.165, 1.54) is 5.56 Å². The zero-order chi connectivity index (χ0) is 24.2. The van der Waals surface area contributed by atoms with Crippen LogP contribution >= 0.6 is 0 Å². The minimum atomic E-state index is -0.252. The van der Waals surface area contributed by atoms with Gasteiger partial charge in [-0.2, -0.15) is 0 Å². The molecule has 0 radical (unpaired) electrons. The van der Waals surface area contributed by atoms with E-state index in [0.29, 0.717) is 31.5 Å². The first-order valence-electron chi connectivity index (χ1n) is 12.0. The number of Topliss-reactive ketones (excluding diaryl/α,β-unsaturated/α-hetero) is 1. The molecule has 1 atom stereocenters. The van der Waals surface area contributed by atoms with Crippen molar-refractivity contribution < 1.29 is 15.0 Å². The third kappa shape index (κ3) is 5.19. The number of phenolic OH excluding ortho intramolecular Hbond substituents is 2. The number of carbonyl (C=O) groups is 1. The van der Waals surface area contributed by atoms with Crippen molar-refractivity contribution in [3.63, 3.8) is 0 Å². The van der Waals surface area contributed by atoms with Crippen LogP contribution in [0.15, 0.2) is 101 Å². The smallest absolute Gasteiger partial charge is 0.186 e. The molecule has 0 saturated heterocycles. The fourth-order valence-corrected chi connectivity index (χ4v) is 4.75. The van der Waals surface area contributed by atoms with E-state index in [0.717, 1.165) is 34.5 Å². The first-order chi connectivity index (χ1) is 17.1. The summed E-state index contributed by atoms with van der Waals surface area (Å²) in [5, 5.41) is 22.8. The molecule has 2 aliphatic rings. The quantitative estimate of drug-likeness (QED) is 0.485. The lowest BCUT2D eigenvalue weighted by molar-refractivity contribution is -0.115. The summed E-state index contributed by atoms with van der Waals surface area (Å²) in [6.45, 7) is 0.580. The lowest BCUT2D eigenvalue weighted by Gasteiger charge is -2.16. The normalized spacial score (nSPS) is 21.6. The number of carbonyl (C=O) groups excluding carboxylic acids is 1. The summed E-state index contributed by atoms with van der Waals surface area (Å²) in [5.74, 6) is 0.291. The highest BCUT2D eigenvalue weighted by Crippen LogP contribution is 2.33. The van der Waals surface area contributed by atoms with Gasteiger partial charge in [0.15, 0.2) is 5.78 Å². The summed E-state index contributed by atoms with van der Waals surface area (Å²) in [5.41, 5.74) is 6.73. The zero-order valence-corrected chi connectivity index (χ0v) is 19.4. The van der Waals surface area contributed by atoms with Gasteiger partial charge >= 0.3 is 0 Å². The third-order valence-electron chi connectivity index (χ3n) is 6.59. The van der Waals surface area contributed by atoms with Crippen molar-refractivity contribution in [3.05, 3.63) is 113 Å². The first-order valence-corrected chi connectivity index (χ1v) is 12.0. The number of hydrogen-bond acceptors (Lipinski definition) is 5. The standard InChI is InChI=1S/C30H28N2O3/c33-24-13-9-21(10-14-24)18-28-30(35)26-7-4-8-27(22-11-15-25(34)16-12-22)31-19-23(29(26)32-28)17-20-5-2-1-3-6-20/h1-3,5-6,8-16,26,31,33-34H,4,7,17-19H2/b27-8-,29-23+. The topological polar surface area (TPSA) is 81.9 Å². The van der Waals surface area contributed by atoms with E-state index in [2.05, 4.69) is 23.5 Å². The molecule has 0 spiro atoms. The number of benzene rings is 3. The highest BCUT2D eigenvalue weighted by molar-refractivity contribution is 6.43. The van der Waals surface area contributed by atoms with Crippen LogP contribution in [0.1, 0.15) is 29.5 Å². The molecule has 0 fully saturated rings. The number of allylic oxidation sites excluding steroid dienone is 2. The van der Waals surface area contributed by atoms with Gasteiger partial charge in [0.05, 0.1) is 17.3 Å². The average molecular weight is 465 g/mol. The maximum absolute atomic E-state index is 13.5. The molecule has 5 rings (SSSR count). The van der Waals surface area contributed by atoms with E-state index in [9.17, 15) is 15.0 Å². The van der Waals surface area contributed by atoms with Crippen LogP contribution in [0.3, 0.4) is 0 Å². The third-order valence-corrected chi connectivity index (χ3v) is 6.59. The molecular weight excluding hydrogens is 436 g/mol. The van der Waals surface area contributed by atoms with Crippen molar-refractivity contribution in [1.29, 1.82) is 0 Å². The van der Waals surface area contributed by atoms with Gasteiger partial charge in [-0.05, 0) is 77.9 Å². The van der Waals surface area contributed by atoms with E-state index < -0.39 is 0 Å². The van der Waals surface area contributed by atoms with Gasteiger partial charge in [0.25, 0.3) is 0 Å². The number of rotatable bonds is 5. The van der Waals surface area contributed by atoms with Gasteiger partial charge in [0, 0.05) is 18.7 Å². The number of ketones is 1. The Labute approximate surface area is 205 Å². The minimum absolute atomic E-state index is 0.0973. The lowest BCUT2D eigenvalue weighted by Crippen LogP contribution is -2.21. The Hall–Kier alpha value is -4.12. The Balaban J connectivity index is 1.49. The van der Waals surface area contributed by atoms with Crippen molar-refractivity contribution in [1.82, 2.24) is 5.32 Å². The zero-order valence-electron chi connectivity index (χ0n) is 19.4. The van der Waals surface area contributed by atoms with Gasteiger partial charge in [-0.15, -0.1) is 0 Å². The summed E-state index contributed by atoms with van der Waals surface area (Å²) >= 11 is 0. The minimum Gasteiger partial charge on any atom is -0.508 e. The van der Waals surface area contributed by atoms with E-state index >= 15 is 0 Å². The lowest BCUT2D eigenvalue weighted by atomic mass is 9.90. The predicted molar refractivity (Wildman–Crippen MR) is 138 cm³/mol. The van der Waals surface area contributed by atoms with E-state index in [-0.39, 0.29) is 23.2 Å². The molecule has 0 bridgehead atoms. The number of nitrogens with zero attached hydrogens (tertiary/aromatic N) is 1. The van der Waals surface area contributed by atoms with Crippen LogP contribution in [0, 0.1) is 5.92 Å². The largest absolute Gasteiger partial charge is 0.508 e. The van der Waals surface area contributed by atoms with Crippen LogP contribution in [0.5, 0.6) is 11.5 Å². The molecule has 3 aromatic rings. The van der Waals surface area contributed by atoms with Crippen LogP contribution in [0.4, 0.5) is 0 Å². The number of hydrogen-bond donors (Lipinski definition) is 3. The summed E-state index contributed by atoms with van der Waals surface area (Å²) in [4.78, 5) is 18.4. The molecule has 2 heterocycles. The second-order valence-corrected chi connectivity index (χ2v) is 9.07. The van der Waals surface area contributed by atoms with Crippen LogP contribution in [0.25, 0.3) is 5.70 Å². The molecule has 0 aliphatic carbocycles. The number of phenols is 2. The van der Waals surface area contributed by atoms with E-state index in [1.807, 2.05) is 42.5 Å². The summed E-state index contributed by atoms with van der Waals surface area (Å²) in [6, 6.07) is 24.4. The monoisotopic (exact) mass is 464 g/mol. The molecule has 176 valence electrons. The van der Waals surface area contributed by atoms with Gasteiger partial charge in [-0.3, -0.25) is 9.79 Å². The van der Waals surface area contributed by atoms with Crippen LogP contribution in [0.2, 0.25) is 0 Å². The molecule has 2 aliphatic heterocycles. The predicted octanol–water partition coefficient (Wildman–Crippen LogP) is 5.20. The molecule has 3 N–H and O–H groups in total. The summed E-state index contributed by atoms with van der Waals surface area (Å²) < 4.78 is 0. The highest BCUT2D eigenvalue weighted by Gasteiger charge is 2.35. The molecule has 1 unspecified atom stereocenters. The Morgan fingerprint density at radius 3 is 2.20 bits per heavy atom. The fraction of sp³-hybridized carbons (Fsp3) is 0.200. The SMILES string of the molecule is O=C1C(Cc2ccc(O)cc2)=N/C2=C(\Cc3ccccc3)CN/C(c3ccc(O)cc3)=C\CCC12. The van der Waals surface area contributed by atoms with Crippen molar-refractivity contribution in [2.24, 2.45) is 10.9 Å². The van der Waals surface area contributed by atoms with Gasteiger partial charge < -0.3 is 15.5 Å².